The van der Waals surface area contributed by atoms with E-state index in [2.05, 4.69) is 15.9 Å². The fourth-order valence-corrected chi connectivity index (χ4v) is 1.37. The summed E-state index contributed by atoms with van der Waals surface area (Å²) < 4.78 is 11.2. The second-order valence-corrected chi connectivity index (χ2v) is 3.96. The van der Waals surface area contributed by atoms with E-state index < -0.39 is 12.1 Å². The van der Waals surface area contributed by atoms with Gasteiger partial charge in [-0.05, 0) is 31.2 Å². The highest BCUT2D eigenvalue weighted by Gasteiger charge is 2.19. The van der Waals surface area contributed by atoms with Crippen LogP contribution in [0.1, 0.15) is 6.92 Å². The van der Waals surface area contributed by atoms with Gasteiger partial charge in [-0.2, -0.15) is 0 Å². The number of halogens is 1. The number of carbonyl (C=O) groups excluding carboxylic acids is 1. The molecular formula is C11H14BrNO3. The molecule has 1 rings (SSSR count). The highest BCUT2D eigenvalue weighted by Crippen LogP contribution is 2.17. The van der Waals surface area contributed by atoms with Gasteiger partial charge in [-0.3, -0.25) is 0 Å². The molecule has 0 radical (unpaired) electrons. The molecule has 1 aromatic rings. The predicted octanol–water partition coefficient (Wildman–Crippen LogP) is 1.72. The molecule has 0 fully saturated rings. The first-order valence-corrected chi connectivity index (χ1v) is 5.75. The highest BCUT2D eigenvalue weighted by molar-refractivity contribution is 9.10. The van der Waals surface area contributed by atoms with Gasteiger partial charge in [0.25, 0.3) is 0 Å². The van der Waals surface area contributed by atoms with Crippen molar-refractivity contribution in [2.24, 2.45) is 5.73 Å². The summed E-state index contributed by atoms with van der Waals surface area (Å²) in [4.78, 5) is 11.4. The largest absolute Gasteiger partial charge is 0.477 e. The lowest BCUT2D eigenvalue weighted by atomic mass is 10.3. The Bertz CT molecular complexity index is 340. The molecule has 0 aromatic heterocycles. The Morgan fingerprint density at radius 1 is 1.44 bits per heavy atom. The lowest BCUT2D eigenvalue weighted by Gasteiger charge is -2.15. The molecule has 5 heteroatoms. The zero-order chi connectivity index (χ0) is 12.0. The van der Waals surface area contributed by atoms with E-state index in [-0.39, 0.29) is 6.54 Å². The number of ether oxygens (including phenoxy) is 2. The third-order valence-corrected chi connectivity index (χ3v) is 2.38. The molecule has 4 nitrogen and oxygen atoms in total. The van der Waals surface area contributed by atoms with Gasteiger partial charge in [0.15, 0.2) is 0 Å². The fourth-order valence-electron chi connectivity index (χ4n) is 1.11. The minimum absolute atomic E-state index is 0.0922. The summed E-state index contributed by atoms with van der Waals surface area (Å²) in [5, 5.41) is 0. The van der Waals surface area contributed by atoms with E-state index in [0.29, 0.717) is 12.4 Å². The van der Waals surface area contributed by atoms with Crippen LogP contribution in [0.15, 0.2) is 28.7 Å². The van der Waals surface area contributed by atoms with Crippen LogP contribution in [0, 0.1) is 0 Å². The van der Waals surface area contributed by atoms with Crippen molar-refractivity contribution in [1.29, 1.82) is 0 Å². The van der Waals surface area contributed by atoms with Gasteiger partial charge >= 0.3 is 5.97 Å². The zero-order valence-corrected chi connectivity index (χ0v) is 10.6. The maximum Gasteiger partial charge on any atom is 0.348 e. The first-order valence-electron chi connectivity index (χ1n) is 4.96. The third kappa shape index (κ3) is 3.83. The van der Waals surface area contributed by atoms with Gasteiger partial charge in [-0.15, -0.1) is 0 Å². The molecule has 0 spiro atoms. The second-order valence-electron chi connectivity index (χ2n) is 3.05. The van der Waals surface area contributed by atoms with Gasteiger partial charge in [0, 0.05) is 11.0 Å². The van der Waals surface area contributed by atoms with Crippen molar-refractivity contribution in [3.63, 3.8) is 0 Å². The lowest BCUT2D eigenvalue weighted by Crippen LogP contribution is -2.36. The quantitative estimate of drug-likeness (QED) is 0.838. The van der Waals surface area contributed by atoms with Crippen molar-refractivity contribution >= 4 is 21.9 Å². The zero-order valence-electron chi connectivity index (χ0n) is 8.98. The van der Waals surface area contributed by atoms with E-state index >= 15 is 0 Å². The normalized spacial score (nSPS) is 11.9. The molecule has 1 unspecified atom stereocenters. The monoisotopic (exact) mass is 287 g/mol. The number of esters is 1. The van der Waals surface area contributed by atoms with Crippen LogP contribution >= 0.6 is 15.9 Å². The summed E-state index contributed by atoms with van der Waals surface area (Å²) in [5.74, 6) is 0.152. The first-order chi connectivity index (χ1) is 7.67. The topological polar surface area (TPSA) is 61.5 Å². The van der Waals surface area contributed by atoms with Crippen LogP contribution in [-0.4, -0.2) is 25.2 Å². The van der Waals surface area contributed by atoms with E-state index in [0.717, 1.165) is 4.47 Å². The van der Waals surface area contributed by atoms with Crippen LogP contribution in [-0.2, 0) is 9.53 Å². The number of carbonyl (C=O) groups is 1. The molecular weight excluding hydrogens is 274 g/mol. The summed E-state index contributed by atoms with van der Waals surface area (Å²) in [6, 6.07) is 7.17. The molecule has 1 atom stereocenters. The van der Waals surface area contributed by atoms with Gasteiger partial charge in [-0.1, -0.05) is 15.9 Å². The fraction of sp³-hybridized carbons (Fsp3) is 0.364. The van der Waals surface area contributed by atoms with Gasteiger partial charge < -0.3 is 15.2 Å². The van der Waals surface area contributed by atoms with E-state index in [9.17, 15) is 4.79 Å². The Morgan fingerprint density at radius 3 is 2.56 bits per heavy atom. The van der Waals surface area contributed by atoms with Crippen LogP contribution < -0.4 is 10.5 Å². The smallest absolute Gasteiger partial charge is 0.348 e. The summed E-state index contributed by atoms with van der Waals surface area (Å²) in [7, 11) is 0. The average molecular weight is 288 g/mol. The summed E-state index contributed by atoms with van der Waals surface area (Å²) >= 11 is 3.31. The van der Waals surface area contributed by atoms with Crippen LogP contribution in [0.3, 0.4) is 0 Å². The molecule has 1 aromatic carbocycles. The molecule has 0 aliphatic carbocycles. The Kier molecular flexibility index (Phi) is 5.28. The van der Waals surface area contributed by atoms with Gasteiger partial charge in [0.1, 0.15) is 5.75 Å². The molecule has 0 saturated heterocycles. The van der Waals surface area contributed by atoms with E-state index in [1.807, 2.05) is 12.1 Å². The van der Waals surface area contributed by atoms with Crippen molar-refractivity contribution in [3.8, 4) is 5.75 Å². The number of nitrogens with two attached hydrogens (primary N) is 1. The summed E-state index contributed by atoms with van der Waals surface area (Å²) in [6.45, 7) is 2.15. The predicted molar refractivity (Wildman–Crippen MR) is 64.2 cm³/mol. The van der Waals surface area contributed by atoms with Gasteiger partial charge in [-0.25, -0.2) is 4.79 Å². The molecule has 0 amide bonds. The SMILES string of the molecule is CCOC(=O)C(CN)Oc1ccc(Br)cc1. The van der Waals surface area contributed by atoms with Crippen LogP contribution in [0.4, 0.5) is 0 Å². The maximum atomic E-state index is 11.4. The van der Waals surface area contributed by atoms with Crippen LogP contribution in [0.5, 0.6) is 5.75 Å². The number of rotatable bonds is 5. The van der Waals surface area contributed by atoms with Crippen molar-refractivity contribution in [2.45, 2.75) is 13.0 Å². The summed E-state index contributed by atoms with van der Waals surface area (Å²) in [5.41, 5.74) is 5.45. The molecule has 16 heavy (non-hydrogen) atoms. The van der Waals surface area contributed by atoms with Crippen molar-refractivity contribution < 1.29 is 14.3 Å². The second kappa shape index (κ2) is 6.50. The minimum atomic E-state index is -0.749. The Labute approximate surface area is 103 Å². The molecule has 0 bridgehead atoms. The van der Waals surface area contributed by atoms with Crippen molar-refractivity contribution in [1.82, 2.24) is 0 Å². The Morgan fingerprint density at radius 2 is 2.06 bits per heavy atom. The molecule has 0 saturated carbocycles. The molecule has 0 aliphatic heterocycles. The Hall–Kier alpha value is -1.07. The average Bonchev–Trinajstić information content (AvgIpc) is 2.28. The highest BCUT2D eigenvalue weighted by atomic mass is 79.9. The molecule has 2 N–H and O–H groups in total. The molecule has 0 heterocycles. The lowest BCUT2D eigenvalue weighted by molar-refractivity contribution is -0.150. The van der Waals surface area contributed by atoms with Crippen LogP contribution in [0.25, 0.3) is 0 Å². The maximum absolute atomic E-state index is 11.4. The number of benzene rings is 1. The Balaban J connectivity index is 2.62. The minimum Gasteiger partial charge on any atom is -0.477 e. The third-order valence-electron chi connectivity index (χ3n) is 1.86. The van der Waals surface area contributed by atoms with Crippen LogP contribution in [0.2, 0.25) is 0 Å². The van der Waals surface area contributed by atoms with Gasteiger partial charge in [0.05, 0.1) is 6.61 Å². The van der Waals surface area contributed by atoms with E-state index in [4.69, 9.17) is 15.2 Å². The standard InChI is InChI=1S/C11H14BrNO3/c1-2-15-11(14)10(7-13)16-9-5-3-8(12)4-6-9/h3-6,10H,2,7,13H2,1H3. The number of hydrogen-bond acceptors (Lipinski definition) is 4. The van der Waals surface area contributed by atoms with E-state index in [1.165, 1.54) is 0 Å². The van der Waals surface area contributed by atoms with Crippen molar-refractivity contribution in [2.75, 3.05) is 13.2 Å². The molecule has 88 valence electrons. The van der Waals surface area contributed by atoms with Crippen molar-refractivity contribution in [3.05, 3.63) is 28.7 Å². The van der Waals surface area contributed by atoms with E-state index in [1.54, 1.807) is 19.1 Å². The summed E-state index contributed by atoms with van der Waals surface area (Å²) in [6.07, 6.45) is -0.749. The number of hydrogen-bond donors (Lipinski definition) is 1. The first kappa shape index (κ1) is 13.0. The van der Waals surface area contributed by atoms with Gasteiger partial charge in [0.2, 0.25) is 6.10 Å². The molecule has 0 aliphatic rings.